The lowest BCUT2D eigenvalue weighted by Crippen LogP contribution is -2.39. The van der Waals surface area contributed by atoms with Gasteiger partial charge in [-0.25, -0.2) is 17.2 Å². The molecule has 1 aromatic carbocycles. The second-order valence-corrected chi connectivity index (χ2v) is 8.52. The maximum absolute atomic E-state index is 13.4. The predicted octanol–water partition coefficient (Wildman–Crippen LogP) is 1.65. The van der Waals surface area contributed by atoms with Crippen molar-refractivity contribution in [2.45, 2.75) is 36.7 Å². The third-order valence-electron chi connectivity index (χ3n) is 4.94. The van der Waals surface area contributed by atoms with Crippen LogP contribution in [-0.4, -0.2) is 47.1 Å². The first-order valence-corrected chi connectivity index (χ1v) is 9.98. The number of halogens is 3. The number of sulfonamides is 1. The van der Waals surface area contributed by atoms with E-state index in [0.717, 1.165) is 36.9 Å². The molecule has 1 N–H and O–H groups in total. The first-order valence-electron chi connectivity index (χ1n) is 8.54. The first-order chi connectivity index (χ1) is 12.4. The SMILES string of the molecule is Cl.O=S(=O)(c1cc(F)cc(F)c1)N1CCC(c2nnc3n2CCNC3)CC1. The molecule has 27 heavy (non-hydrogen) atoms. The Kier molecular flexibility index (Phi) is 5.80. The molecular formula is C16H20ClF2N5O2S. The molecule has 0 radical (unpaired) electrons. The van der Waals surface area contributed by atoms with E-state index in [0.29, 0.717) is 25.5 Å². The monoisotopic (exact) mass is 419 g/mol. The molecule has 4 rings (SSSR count). The number of hydrogen-bond acceptors (Lipinski definition) is 5. The lowest BCUT2D eigenvalue weighted by molar-refractivity contribution is 0.307. The highest BCUT2D eigenvalue weighted by atomic mass is 35.5. The van der Waals surface area contributed by atoms with Gasteiger partial charge in [0.25, 0.3) is 0 Å². The fraction of sp³-hybridized carbons (Fsp3) is 0.500. The number of nitrogens with zero attached hydrogens (tertiary/aromatic N) is 4. The summed E-state index contributed by atoms with van der Waals surface area (Å²) in [5.41, 5.74) is 0. The number of nitrogens with one attached hydrogen (secondary N) is 1. The number of benzene rings is 1. The smallest absolute Gasteiger partial charge is 0.243 e. The van der Waals surface area contributed by atoms with Crippen molar-refractivity contribution >= 4 is 22.4 Å². The van der Waals surface area contributed by atoms with Crippen molar-refractivity contribution in [2.24, 2.45) is 0 Å². The van der Waals surface area contributed by atoms with Crippen molar-refractivity contribution in [2.75, 3.05) is 19.6 Å². The van der Waals surface area contributed by atoms with Crippen molar-refractivity contribution < 1.29 is 17.2 Å². The molecule has 2 aliphatic heterocycles. The van der Waals surface area contributed by atoms with Crippen LogP contribution >= 0.6 is 12.4 Å². The molecule has 2 aromatic rings. The first kappa shape index (κ1) is 20.1. The minimum Gasteiger partial charge on any atom is -0.312 e. The van der Waals surface area contributed by atoms with Gasteiger partial charge in [0.1, 0.15) is 23.3 Å². The average molecular weight is 420 g/mol. The summed E-state index contributed by atoms with van der Waals surface area (Å²) in [5.74, 6) is 0.126. The van der Waals surface area contributed by atoms with E-state index >= 15 is 0 Å². The zero-order valence-corrected chi connectivity index (χ0v) is 16.1. The fourth-order valence-corrected chi connectivity index (χ4v) is 5.11. The Bertz CT molecular complexity index is 909. The van der Waals surface area contributed by atoms with E-state index in [9.17, 15) is 17.2 Å². The van der Waals surface area contributed by atoms with Gasteiger partial charge in [-0.3, -0.25) is 0 Å². The van der Waals surface area contributed by atoms with Crippen molar-refractivity contribution in [3.63, 3.8) is 0 Å². The molecule has 0 aliphatic carbocycles. The van der Waals surface area contributed by atoms with Crippen LogP contribution in [0.1, 0.15) is 30.4 Å². The van der Waals surface area contributed by atoms with Crippen LogP contribution in [-0.2, 0) is 23.1 Å². The Morgan fingerprint density at radius 3 is 2.37 bits per heavy atom. The number of hydrogen-bond donors (Lipinski definition) is 1. The number of rotatable bonds is 3. The van der Waals surface area contributed by atoms with Crippen molar-refractivity contribution in [1.29, 1.82) is 0 Å². The molecule has 1 fully saturated rings. The molecule has 2 aliphatic rings. The van der Waals surface area contributed by atoms with Crippen LogP contribution in [0.4, 0.5) is 8.78 Å². The summed E-state index contributed by atoms with van der Waals surface area (Å²) in [6.45, 7) is 2.91. The maximum atomic E-state index is 13.4. The minimum absolute atomic E-state index is 0. The largest absolute Gasteiger partial charge is 0.312 e. The van der Waals surface area contributed by atoms with Crippen molar-refractivity contribution in [3.05, 3.63) is 41.5 Å². The van der Waals surface area contributed by atoms with Crippen molar-refractivity contribution in [3.8, 4) is 0 Å². The van der Waals surface area contributed by atoms with Crippen LogP contribution < -0.4 is 5.32 Å². The molecule has 11 heteroatoms. The third kappa shape index (κ3) is 3.84. The number of fused-ring (bicyclic) bond motifs is 1. The van der Waals surface area contributed by atoms with Gasteiger partial charge in [0.2, 0.25) is 10.0 Å². The van der Waals surface area contributed by atoms with Crippen molar-refractivity contribution in [1.82, 2.24) is 24.4 Å². The van der Waals surface area contributed by atoms with Gasteiger partial charge < -0.3 is 9.88 Å². The highest BCUT2D eigenvalue weighted by Gasteiger charge is 2.33. The molecule has 0 saturated carbocycles. The second kappa shape index (κ2) is 7.78. The lowest BCUT2D eigenvalue weighted by atomic mass is 9.97. The molecule has 1 aromatic heterocycles. The molecule has 3 heterocycles. The van der Waals surface area contributed by atoms with Gasteiger partial charge in [-0.15, -0.1) is 22.6 Å². The summed E-state index contributed by atoms with van der Waals surface area (Å²) in [4.78, 5) is -0.348. The molecule has 148 valence electrons. The standard InChI is InChI=1S/C16H19F2N5O2S.ClH/c17-12-7-13(18)9-14(8-12)26(24,25)22-4-1-11(2-5-22)16-21-20-15-10-19-3-6-23(15)16;/h7-9,11,19H,1-6,10H2;1H. The molecule has 1 saturated heterocycles. The fourth-order valence-electron chi connectivity index (χ4n) is 3.60. The maximum Gasteiger partial charge on any atom is 0.243 e. The summed E-state index contributed by atoms with van der Waals surface area (Å²) in [6, 6.07) is 2.37. The summed E-state index contributed by atoms with van der Waals surface area (Å²) in [6.07, 6.45) is 1.20. The Morgan fingerprint density at radius 1 is 1.04 bits per heavy atom. The Balaban J connectivity index is 0.00000210. The van der Waals surface area contributed by atoms with Crippen LogP contribution in [0, 0.1) is 11.6 Å². The molecule has 0 unspecified atom stereocenters. The molecular weight excluding hydrogens is 400 g/mol. The minimum atomic E-state index is -3.92. The van der Waals surface area contributed by atoms with Crippen LogP contribution in [0.25, 0.3) is 0 Å². The molecule has 0 bridgehead atoms. The summed E-state index contributed by atoms with van der Waals surface area (Å²) in [5, 5.41) is 11.7. The van der Waals surface area contributed by atoms with Gasteiger partial charge in [-0.05, 0) is 25.0 Å². The van der Waals surface area contributed by atoms with E-state index in [1.807, 2.05) is 0 Å². The quantitative estimate of drug-likeness (QED) is 0.818. The highest BCUT2D eigenvalue weighted by Crippen LogP contribution is 2.30. The van der Waals surface area contributed by atoms with E-state index < -0.39 is 21.7 Å². The number of piperidine rings is 1. The van der Waals surface area contributed by atoms with Crippen LogP contribution in [0.5, 0.6) is 0 Å². The van der Waals surface area contributed by atoms with Gasteiger partial charge in [-0.2, -0.15) is 4.31 Å². The van der Waals surface area contributed by atoms with Gasteiger partial charge >= 0.3 is 0 Å². The van der Waals surface area contributed by atoms with E-state index in [-0.39, 0.29) is 36.3 Å². The molecule has 7 nitrogen and oxygen atoms in total. The lowest BCUT2D eigenvalue weighted by Gasteiger charge is -2.31. The number of aromatic nitrogens is 3. The van der Waals surface area contributed by atoms with E-state index in [4.69, 9.17) is 0 Å². The second-order valence-electron chi connectivity index (χ2n) is 6.59. The van der Waals surface area contributed by atoms with Gasteiger partial charge in [-0.1, -0.05) is 0 Å². The van der Waals surface area contributed by atoms with E-state index in [1.165, 1.54) is 4.31 Å². The summed E-state index contributed by atoms with van der Waals surface area (Å²) < 4.78 is 55.5. The third-order valence-corrected chi connectivity index (χ3v) is 6.82. The van der Waals surface area contributed by atoms with Gasteiger partial charge in [0.15, 0.2) is 0 Å². The molecule has 0 amide bonds. The highest BCUT2D eigenvalue weighted by molar-refractivity contribution is 7.89. The predicted molar refractivity (Wildman–Crippen MR) is 96.1 cm³/mol. The summed E-state index contributed by atoms with van der Waals surface area (Å²) >= 11 is 0. The Hall–Kier alpha value is -1.62. The normalized spacial score (nSPS) is 18.7. The summed E-state index contributed by atoms with van der Waals surface area (Å²) in [7, 11) is -3.92. The van der Waals surface area contributed by atoms with Crippen LogP contribution in [0.3, 0.4) is 0 Å². The van der Waals surface area contributed by atoms with Gasteiger partial charge in [0, 0.05) is 38.2 Å². The zero-order valence-electron chi connectivity index (χ0n) is 14.4. The molecule has 0 atom stereocenters. The molecule has 0 spiro atoms. The Labute approximate surface area is 162 Å². The van der Waals surface area contributed by atoms with Crippen LogP contribution in [0.15, 0.2) is 23.1 Å². The van der Waals surface area contributed by atoms with E-state index in [2.05, 4.69) is 20.1 Å². The zero-order chi connectivity index (χ0) is 18.3. The van der Waals surface area contributed by atoms with Crippen LogP contribution in [0.2, 0.25) is 0 Å². The Morgan fingerprint density at radius 2 is 1.70 bits per heavy atom. The van der Waals surface area contributed by atoms with Gasteiger partial charge in [0.05, 0.1) is 11.4 Å². The van der Waals surface area contributed by atoms with E-state index in [1.54, 1.807) is 0 Å². The average Bonchev–Trinajstić information content (AvgIpc) is 3.05. The topological polar surface area (TPSA) is 80.1 Å².